The van der Waals surface area contributed by atoms with Crippen LogP contribution < -0.4 is 0 Å². The smallest absolute Gasteiger partial charge is 0.146 e. The van der Waals surface area contributed by atoms with Crippen LogP contribution in [0.3, 0.4) is 0 Å². The Hall–Kier alpha value is -0.603. The third-order valence-corrected chi connectivity index (χ3v) is 4.47. The molecule has 0 aliphatic heterocycles. The maximum atomic E-state index is 5.79. The number of hydrogen-bond donors (Lipinski definition) is 0. The summed E-state index contributed by atoms with van der Waals surface area (Å²) in [5, 5.41) is 0. The molecule has 0 aliphatic carbocycles. The molecule has 1 atom stereocenters. The molecule has 0 fully saturated rings. The molecule has 0 spiro atoms. The van der Waals surface area contributed by atoms with Crippen LogP contribution in [0.2, 0.25) is 0 Å². The van der Waals surface area contributed by atoms with Crippen LogP contribution in [0.1, 0.15) is 51.5 Å². The first-order chi connectivity index (χ1) is 7.61. The number of benzene rings is 1. The maximum Gasteiger partial charge on any atom is 0.146 e. The first kappa shape index (κ1) is 13.5. The predicted octanol–water partition coefficient (Wildman–Crippen LogP) is 3.04. The second-order valence-electron chi connectivity index (χ2n) is 4.91. The van der Waals surface area contributed by atoms with Gasteiger partial charge in [0.2, 0.25) is 0 Å². The summed E-state index contributed by atoms with van der Waals surface area (Å²) in [4.78, 5) is 0. The Morgan fingerprint density at radius 3 is 2.38 bits per heavy atom. The highest BCUT2D eigenvalue weighted by atomic mass is 28.2. The number of unbranched alkanes of at least 4 members (excludes halogenated alkanes) is 1. The van der Waals surface area contributed by atoms with E-state index in [4.69, 9.17) is 4.43 Å². The fraction of sp³-hybridized carbons (Fsp3) is 0.571. The van der Waals surface area contributed by atoms with Crippen LogP contribution in [0.15, 0.2) is 30.3 Å². The molecule has 1 aromatic rings. The van der Waals surface area contributed by atoms with Gasteiger partial charge in [0.1, 0.15) is 10.5 Å². The lowest BCUT2D eigenvalue weighted by Crippen LogP contribution is -2.32. The predicted molar refractivity (Wildman–Crippen MR) is 73.8 cm³/mol. The Morgan fingerprint density at radius 1 is 1.25 bits per heavy atom. The van der Waals surface area contributed by atoms with Crippen molar-refractivity contribution in [3.8, 4) is 0 Å². The lowest BCUT2D eigenvalue weighted by atomic mass is 9.81. The van der Waals surface area contributed by atoms with E-state index in [1.54, 1.807) is 0 Å². The highest BCUT2D eigenvalue weighted by molar-refractivity contribution is 5.98. The van der Waals surface area contributed by atoms with Crippen LogP contribution in [0.25, 0.3) is 0 Å². The van der Waals surface area contributed by atoms with Crippen molar-refractivity contribution >= 4 is 10.5 Å². The van der Waals surface area contributed by atoms with Crippen molar-refractivity contribution in [3.05, 3.63) is 35.9 Å². The summed E-state index contributed by atoms with van der Waals surface area (Å²) in [6, 6.07) is 10.8. The standard InChI is InChI=1S/C14H24OSi/c1-4-5-11-13(14(2,3)15-16)12-9-7-6-8-10-12/h6-10,13H,4-5,11H2,1-3,16H3. The maximum absolute atomic E-state index is 5.79. The average Bonchev–Trinajstić information content (AvgIpc) is 2.31. The highest BCUT2D eigenvalue weighted by Gasteiger charge is 2.29. The summed E-state index contributed by atoms with van der Waals surface area (Å²) >= 11 is 0. The quantitative estimate of drug-likeness (QED) is 0.690. The van der Waals surface area contributed by atoms with Crippen LogP contribution in [-0.2, 0) is 4.43 Å². The van der Waals surface area contributed by atoms with E-state index >= 15 is 0 Å². The van der Waals surface area contributed by atoms with Crippen LogP contribution in [0.5, 0.6) is 0 Å². The van der Waals surface area contributed by atoms with E-state index in [9.17, 15) is 0 Å². The zero-order valence-electron chi connectivity index (χ0n) is 11.0. The minimum Gasteiger partial charge on any atom is -0.422 e. The van der Waals surface area contributed by atoms with Gasteiger partial charge in [-0.3, -0.25) is 0 Å². The molecule has 1 rings (SSSR count). The molecule has 0 heterocycles. The molecule has 16 heavy (non-hydrogen) atoms. The van der Waals surface area contributed by atoms with Crippen molar-refractivity contribution in [1.29, 1.82) is 0 Å². The zero-order valence-corrected chi connectivity index (χ0v) is 13.0. The Bertz CT molecular complexity index is 295. The number of hydrogen-bond acceptors (Lipinski definition) is 1. The van der Waals surface area contributed by atoms with Gasteiger partial charge >= 0.3 is 0 Å². The van der Waals surface area contributed by atoms with E-state index in [0.717, 1.165) is 10.5 Å². The van der Waals surface area contributed by atoms with Gasteiger partial charge in [-0.25, -0.2) is 0 Å². The molecule has 0 radical (unpaired) electrons. The molecule has 0 N–H and O–H groups in total. The molecule has 0 amide bonds. The summed E-state index contributed by atoms with van der Waals surface area (Å²) in [6.07, 6.45) is 3.74. The van der Waals surface area contributed by atoms with Crippen molar-refractivity contribution in [1.82, 2.24) is 0 Å². The Kier molecular flexibility index (Phi) is 5.23. The van der Waals surface area contributed by atoms with Gasteiger partial charge in [0.25, 0.3) is 0 Å². The minimum absolute atomic E-state index is 0.0251. The van der Waals surface area contributed by atoms with Gasteiger partial charge in [-0.15, -0.1) is 0 Å². The summed E-state index contributed by atoms with van der Waals surface area (Å²) in [6.45, 7) is 6.68. The molecule has 0 saturated heterocycles. The molecule has 0 bridgehead atoms. The molecule has 0 aliphatic rings. The summed E-state index contributed by atoms with van der Waals surface area (Å²) in [5.41, 5.74) is 1.39. The first-order valence-corrected chi connectivity index (χ1v) is 7.03. The van der Waals surface area contributed by atoms with Gasteiger partial charge in [-0.2, -0.15) is 0 Å². The van der Waals surface area contributed by atoms with Crippen molar-refractivity contribution in [3.63, 3.8) is 0 Å². The van der Waals surface area contributed by atoms with Crippen molar-refractivity contribution in [2.75, 3.05) is 0 Å². The second kappa shape index (κ2) is 6.21. The molecule has 1 unspecified atom stereocenters. The van der Waals surface area contributed by atoms with Gasteiger partial charge in [0, 0.05) is 5.92 Å². The van der Waals surface area contributed by atoms with E-state index in [-0.39, 0.29) is 5.60 Å². The van der Waals surface area contributed by atoms with E-state index in [0.29, 0.717) is 5.92 Å². The van der Waals surface area contributed by atoms with E-state index in [1.165, 1.54) is 24.8 Å². The Morgan fingerprint density at radius 2 is 1.88 bits per heavy atom. The Labute approximate surface area is 103 Å². The van der Waals surface area contributed by atoms with Crippen LogP contribution in [0.4, 0.5) is 0 Å². The third kappa shape index (κ3) is 3.46. The van der Waals surface area contributed by atoms with Crippen molar-refractivity contribution in [2.45, 2.75) is 51.6 Å². The summed E-state index contributed by atoms with van der Waals surface area (Å²) < 4.78 is 5.79. The zero-order chi connectivity index (χ0) is 12.0. The molecule has 0 saturated carbocycles. The lowest BCUT2D eigenvalue weighted by Gasteiger charge is -2.34. The summed E-state index contributed by atoms with van der Waals surface area (Å²) in [5.74, 6) is 0.520. The fourth-order valence-corrected chi connectivity index (χ4v) is 2.44. The van der Waals surface area contributed by atoms with Gasteiger partial charge < -0.3 is 4.43 Å². The van der Waals surface area contributed by atoms with Gasteiger partial charge in [0.15, 0.2) is 0 Å². The molecular formula is C14H24OSi. The monoisotopic (exact) mass is 236 g/mol. The highest BCUT2D eigenvalue weighted by Crippen LogP contribution is 2.34. The molecule has 1 aromatic carbocycles. The van der Waals surface area contributed by atoms with Gasteiger partial charge in [-0.05, 0) is 25.8 Å². The van der Waals surface area contributed by atoms with E-state index in [2.05, 4.69) is 51.1 Å². The summed E-state index contributed by atoms with van der Waals surface area (Å²) in [7, 11) is 0.805. The first-order valence-electron chi connectivity index (χ1n) is 6.22. The largest absolute Gasteiger partial charge is 0.422 e. The average molecular weight is 236 g/mol. The van der Waals surface area contributed by atoms with E-state index in [1.807, 2.05) is 0 Å². The SMILES string of the molecule is CCCCC(c1ccccc1)C(C)(C)O[SiH3]. The second-order valence-corrected chi connectivity index (χ2v) is 5.32. The molecule has 90 valence electrons. The molecule has 1 nitrogen and oxygen atoms in total. The minimum atomic E-state index is -0.0251. The molecule has 2 heteroatoms. The van der Waals surface area contributed by atoms with Crippen LogP contribution >= 0.6 is 0 Å². The lowest BCUT2D eigenvalue weighted by molar-refractivity contribution is 0.0843. The topological polar surface area (TPSA) is 9.23 Å². The van der Waals surface area contributed by atoms with Gasteiger partial charge in [0.05, 0.1) is 5.60 Å². The third-order valence-electron chi connectivity index (χ3n) is 3.41. The number of rotatable bonds is 6. The van der Waals surface area contributed by atoms with Crippen molar-refractivity contribution in [2.24, 2.45) is 0 Å². The molecular weight excluding hydrogens is 212 g/mol. The normalized spacial score (nSPS) is 13.9. The van der Waals surface area contributed by atoms with Crippen LogP contribution in [0, 0.1) is 0 Å². The molecule has 0 aromatic heterocycles. The fourth-order valence-electron chi connectivity index (χ4n) is 2.15. The van der Waals surface area contributed by atoms with E-state index < -0.39 is 0 Å². The van der Waals surface area contributed by atoms with Crippen LogP contribution in [-0.4, -0.2) is 16.1 Å². The van der Waals surface area contributed by atoms with Crippen molar-refractivity contribution < 1.29 is 4.43 Å². The van der Waals surface area contributed by atoms with Gasteiger partial charge in [-0.1, -0.05) is 50.1 Å². The Balaban J connectivity index is 2.87.